The Hall–Kier alpha value is -0.970. The Balaban J connectivity index is 1.86. The highest BCUT2D eigenvalue weighted by molar-refractivity contribution is 5.03. The SMILES string of the molecule is CN(Cc1ccccn1)CC1(O)CCOCC1. The van der Waals surface area contributed by atoms with Crippen LogP contribution >= 0.6 is 0 Å². The molecule has 2 rings (SSSR count). The van der Waals surface area contributed by atoms with E-state index in [1.165, 1.54) is 0 Å². The van der Waals surface area contributed by atoms with E-state index in [0.29, 0.717) is 19.8 Å². The lowest BCUT2D eigenvalue weighted by molar-refractivity contribution is -0.0778. The first-order chi connectivity index (χ1) is 8.18. The van der Waals surface area contributed by atoms with Crippen LogP contribution in [0.15, 0.2) is 24.4 Å². The fourth-order valence-electron chi connectivity index (χ4n) is 2.24. The van der Waals surface area contributed by atoms with Crippen molar-refractivity contribution in [3.63, 3.8) is 0 Å². The molecule has 4 heteroatoms. The maximum atomic E-state index is 10.4. The fourth-order valence-corrected chi connectivity index (χ4v) is 2.24. The van der Waals surface area contributed by atoms with E-state index in [1.54, 1.807) is 6.20 Å². The molecule has 17 heavy (non-hydrogen) atoms. The Morgan fingerprint density at radius 3 is 2.82 bits per heavy atom. The quantitative estimate of drug-likeness (QED) is 0.849. The molecule has 1 aliphatic rings. The van der Waals surface area contributed by atoms with Gasteiger partial charge in [0.2, 0.25) is 0 Å². The van der Waals surface area contributed by atoms with Crippen molar-refractivity contribution in [2.75, 3.05) is 26.8 Å². The van der Waals surface area contributed by atoms with Gasteiger partial charge in [-0.05, 0) is 19.2 Å². The third-order valence-corrected chi connectivity index (χ3v) is 3.15. The minimum atomic E-state index is -0.595. The van der Waals surface area contributed by atoms with Crippen LogP contribution in [0.4, 0.5) is 0 Å². The minimum Gasteiger partial charge on any atom is -0.388 e. The molecule has 1 aromatic rings. The minimum absolute atomic E-state index is 0.595. The van der Waals surface area contributed by atoms with E-state index in [1.807, 2.05) is 25.2 Å². The van der Waals surface area contributed by atoms with Crippen molar-refractivity contribution in [3.05, 3.63) is 30.1 Å². The van der Waals surface area contributed by atoms with Crippen molar-refractivity contribution in [1.82, 2.24) is 9.88 Å². The molecule has 2 heterocycles. The van der Waals surface area contributed by atoms with E-state index in [0.717, 1.165) is 25.1 Å². The highest BCUT2D eigenvalue weighted by Gasteiger charge is 2.30. The van der Waals surface area contributed by atoms with Gasteiger partial charge in [-0.2, -0.15) is 0 Å². The third-order valence-electron chi connectivity index (χ3n) is 3.15. The summed E-state index contributed by atoms with van der Waals surface area (Å²) in [7, 11) is 2.02. The van der Waals surface area contributed by atoms with Gasteiger partial charge in [-0.25, -0.2) is 0 Å². The van der Waals surface area contributed by atoms with Gasteiger partial charge in [0.1, 0.15) is 0 Å². The second-order valence-electron chi connectivity index (χ2n) is 4.83. The molecule has 1 aliphatic heterocycles. The molecule has 0 atom stereocenters. The summed E-state index contributed by atoms with van der Waals surface area (Å²) >= 11 is 0. The van der Waals surface area contributed by atoms with Gasteiger partial charge in [-0.15, -0.1) is 0 Å². The number of hydrogen-bond donors (Lipinski definition) is 1. The summed E-state index contributed by atoms with van der Waals surface area (Å²) in [6.07, 6.45) is 3.24. The van der Waals surface area contributed by atoms with Gasteiger partial charge in [0.05, 0.1) is 11.3 Å². The van der Waals surface area contributed by atoms with Crippen LogP contribution in [0, 0.1) is 0 Å². The van der Waals surface area contributed by atoms with Crippen LogP contribution in [-0.4, -0.2) is 47.4 Å². The number of aromatic nitrogens is 1. The largest absolute Gasteiger partial charge is 0.388 e. The molecule has 0 radical (unpaired) electrons. The second kappa shape index (κ2) is 5.58. The molecule has 1 saturated heterocycles. The van der Waals surface area contributed by atoms with Gasteiger partial charge >= 0.3 is 0 Å². The molecule has 0 aliphatic carbocycles. The van der Waals surface area contributed by atoms with Crippen LogP contribution in [0.2, 0.25) is 0 Å². The van der Waals surface area contributed by atoms with Crippen molar-refractivity contribution in [2.45, 2.75) is 25.0 Å². The summed E-state index contributed by atoms with van der Waals surface area (Å²) in [5.74, 6) is 0. The number of aliphatic hydroxyl groups is 1. The number of ether oxygens (including phenoxy) is 1. The fraction of sp³-hybridized carbons (Fsp3) is 0.615. The summed E-state index contributed by atoms with van der Waals surface area (Å²) in [6, 6.07) is 5.90. The Kier molecular flexibility index (Phi) is 4.10. The van der Waals surface area contributed by atoms with Crippen LogP contribution in [-0.2, 0) is 11.3 Å². The van der Waals surface area contributed by atoms with E-state index in [2.05, 4.69) is 9.88 Å². The Morgan fingerprint density at radius 2 is 2.18 bits per heavy atom. The number of pyridine rings is 1. The molecule has 4 nitrogen and oxygen atoms in total. The summed E-state index contributed by atoms with van der Waals surface area (Å²) in [4.78, 5) is 6.41. The van der Waals surface area contributed by atoms with Gasteiger partial charge in [-0.3, -0.25) is 9.88 Å². The number of likely N-dealkylation sites (N-methyl/N-ethyl adjacent to an activating group) is 1. The van der Waals surface area contributed by atoms with Crippen molar-refractivity contribution in [2.24, 2.45) is 0 Å². The second-order valence-corrected chi connectivity index (χ2v) is 4.83. The van der Waals surface area contributed by atoms with Crippen LogP contribution in [0.25, 0.3) is 0 Å². The highest BCUT2D eigenvalue weighted by atomic mass is 16.5. The average molecular weight is 236 g/mol. The Morgan fingerprint density at radius 1 is 1.41 bits per heavy atom. The smallest absolute Gasteiger partial charge is 0.0817 e. The highest BCUT2D eigenvalue weighted by Crippen LogP contribution is 2.21. The summed E-state index contributed by atoms with van der Waals surface area (Å²) in [6.45, 7) is 2.76. The standard InChI is InChI=1S/C13H20N2O2/c1-15(10-12-4-2-3-7-14-12)11-13(16)5-8-17-9-6-13/h2-4,7,16H,5-6,8-11H2,1H3. The van der Waals surface area contributed by atoms with E-state index in [-0.39, 0.29) is 0 Å². The number of hydrogen-bond acceptors (Lipinski definition) is 4. The number of nitrogens with zero attached hydrogens (tertiary/aromatic N) is 2. The zero-order chi connectivity index (χ0) is 12.1. The van der Waals surface area contributed by atoms with Crippen LogP contribution < -0.4 is 0 Å². The van der Waals surface area contributed by atoms with Gasteiger partial charge in [-0.1, -0.05) is 6.07 Å². The van der Waals surface area contributed by atoms with E-state index < -0.39 is 5.60 Å². The third kappa shape index (κ3) is 3.77. The van der Waals surface area contributed by atoms with E-state index in [9.17, 15) is 5.11 Å². The lowest BCUT2D eigenvalue weighted by Crippen LogP contribution is -2.45. The lowest BCUT2D eigenvalue weighted by atomic mass is 9.94. The van der Waals surface area contributed by atoms with Gasteiger partial charge in [0, 0.05) is 45.3 Å². The summed E-state index contributed by atoms with van der Waals surface area (Å²) < 4.78 is 5.27. The first kappa shape index (κ1) is 12.5. The maximum absolute atomic E-state index is 10.4. The maximum Gasteiger partial charge on any atom is 0.0817 e. The van der Waals surface area contributed by atoms with E-state index >= 15 is 0 Å². The topological polar surface area (TPSA) is 45.6 Å². The Bertz CT molecular complexity index is 337. The summed E-state index contributed by atoms with van der Waals surface area (Å²) in [5.41, 5.74) is 0.438. The van der Waals surface area contributed by atoms with Crippen LogP contribution in [0.5, 0.6) is 0 Å². The van der Waals surface area contributed by atoms with Crippen molar-refractivity contribution < 1.29 is 9.84 Å². The average Bonchev–Trinajstić information content (AvgIpc) is 2.30. The molecule has 94 valence electrons. The molecule has 1 aromatic heterocycles. The van der Waals surface area contributed by atoms with Crippen LogP contribution in [0.1, 0.15) is 18.5 Å². The molecule has 0 spiro atoms. The molecule has 0 amide bonds. The molecule has 0 bridgehead atoms. The predicted octanol–water partition coefficient (Wildman–Crippen LogP) is 1.05. The Labute approximate surface area is 102 Å². The molecule has 0 aromatic carbocycles. The first-order valence-electron chi connectivity index (χ1n) is 6.07. The van der Waals surface area contributed by atoms with Crippen molar-refractivity contribution in [1.29, 1.82) is 0 Å². The normalized spacial score (nSPS) is 19.5. The summed E-state index contributed by atoms with van der Waals surface area (Å²) in [5, 5.41) is 10.4. The van der Waals surface area contributed by atoms with Gasteiger partial charge in [0.25, 0.3) is 0 Å². The zero-order valence-corrected chi connectivity index (χ0v) is 10.3. The van der Waals surface area contributed by atoms with Gasteiger partial charge in [0.15, 0.2) is 0 Å². The lowest BCUT2D eigenvalue weighted by Gasteiger charge is -2.35. The van der Waals surface area contributed by atoms with Crippen LogP contribution in [0.3, 0.4) is 0 Å². The predicted molar refractivity (Wildman–Crippen MR) is 65.6 cm³/mol. The molecule has 1 N–H and O–H groups in total. The molecule has 1 fully saturated rings. The molecular weight excluding hydrogens is 216 g/mol. The first-order valence-corrected chi connectivity index (χ1v) is 6.07. The molecule has 0 saturated carbocycles. The number of rotatable bonds is 4. The zero-order valence-electron chi connectivity index (χ0n) is 10.3. The van der Waals surface area contributed by atoms with Crippen molar-refractivity contribution in [3.8, 4) is 0 Å². The molecule has 0 unspecified atom stereocenters. The van der Waals surface area contributed by atoms with Gasteiger partial charge < -0.3 is 9.84 Å². The molecular formula is C13H20N2O2. The van der Waals surface area contributed by atoms with E-state index in [4.69, 9.17) is 4.74 Å². The van der Waals surface area contributed by atoms with Crippen molar-refractivity contribution >= 4 is 0 Å². The monoisotopic (exact) mass is 236 g/mol.